The predicted molar refractivity (Wildman–Crippen MR) is 84.9 cm³/mol. The molecule has 118 valence electrons. The van der Waals surface area contributed by atoms with Crippen LogP contribution in [-0.4, -0.2) is 29.0 Å². The van der Waals surface area contributed by atoms with Crippen molar-refractivity contribution in [3.05, 3.63) is 54.4 Å². The predicted octanol–water partition coefficient (Wildman–Crippen LogP) is 2.07. The Kier molecular flexibility index (Phi) is 3.53. The summed E-state index contributed by atoms with van der Waals surface area (Å²) in [5.74, 6) is -1.15. The number of aromatic carboxylic acids is 1. The number of anilines is 1. The number of carbonyl (C=O) groups is 1. The number of aromatic nitrogens is 2. The van der Waals surface area contributed by atoms with Crippen LogP contribution in [0.3, 0.4) is 0 Å². The van der Waals surface area contributed by atoms with Crippen molar-refractivity contribution in [3.8, 4) is 0 Å². The quantitative estimate of drug-likeness (QED) is 0.762. The zero-order valence-corrected chi connectivity index (χ0v) is 12.9. The minimum absolute atomic E-state index is 0.0201. The molecule has 0 saturated carbocycles. The molecule has 0 unspecified atom stereocenters. The van der Waals surface area contributed by atoms with E-state index in [1.54, 1.807) is 29.8 Å². The lowest BCUT2D eigenvalue weighted by Crippen LogP contribution is -2.13. The molecule has 7 nitrogen and oxygen atoms in total. The van der Waals surface area contributed by atoms with Crippen LogP contribution in [-0.2, 0) is 17.1 Å². The van der Waals surface area contributed by atoms with Crippen LogP contribution in [0.2, 0.25) is 0 Å². The van der Waals surface area contributed by atoms with Gasteiger partial charge >= 0.3 is 5.97 Å². The SMILES string of the molecule is Cn1cnc2cc(NS(=O)(=O)c3ccccc3)cc(C(=O)O)c21. The normalized spacial score (nSPS) is 11.5. The standard InChI is InChI=1S/C15H13N3O4S/c1-18-9-16-13-8-10(7-12(14(13)18)15(19)20)17-23(21,22)11-5-3-2-4-6-11/h2-9,17H,1H3,(H,19,20). The molecule has 0 aliphatic carbocycles. The van der Waals surface area contributed by atoms with Crippen LogP contribution in [0.4, 0.5) is 5.69 Å². The molecular weight excluding hydrogens is 318 g/mol. The molecule has 0 bridgehead atoms. The molecule has 0 saturated heterocycles. The Bertz CT molecular complexity index is 994. The Balaban J connectivity index is 2.09. The minimum Gasteiger partial charge on any atom is -0.478 e. The van der Waals surface area contributed by atoms with E-state index in [0.717, 1.165) is 0 Å². The fraction of sp³-hybridized carbons (Fsp3) is 0.0667. The van der Waals surface area contributed by atoms with Crippen molar-refractivity contribution in [1.82, 2.24) is 9.55 Å². The number of hydrogen-bond donors (Lipinski definition) is 2. The number of nitrogens with zero attached hydrogens (tertiary/aromatic N) is 2. The fourth-order valence-corrected chi connectivity index (χ4v) is 3.39. The first-order valence-corrected chi connectivity index (χ1v) is 8.13. The van der Waals surface area contributed by atoms with E-state index in [2.05, 4.69) is 9.71 Å². The van der Waals surface area contributed by atoms with Crippen LogP contribution >= 0.6 is 0 Å². The van der Waals surface area contributed by atoms with Crippen molar-refractivity contribution in [2.75, 3.05) is 4.72 Å². The fourth-order valence-electron chi connectivity index (χ4n) is 2.33. The molecule has 1 aromatic heterocycles. The van der Waals surface area contributed by atoms with E-state index >= 15 is 0 Å². The van der Waals surface area contributed by atoms with Crippen LogP contribution in [0, 0.1) is 0 Å². The Morgan fingerprint density at radius 3 is 2.57 bits per heavy atom. The van der Waals surface area contributed by atoms with Gasteiger partial charge in [0.15, 0.2) is 0 Å². The van der Waals surface area contributed by atoms with E-state index in [1.807, 2.05) is 0 Å². The van der Waals surface area contributed by atoms with Crippen molar-refractivity contribution >= 4 is 32.7 Å². The van der Waals surface area contributed by atoms with Crippen LogP contribution in [0.5, 0.6) is 0 Å². The van der Waals surface area contributed by atoms with Gasteiger partial charge in [-0.05, 0) is 24.3 Å². The highest BCUT2D eigenvalue weighted by Crippen LogP contribution is 2.25. The van der Waals surface area contributed by atoms with Crippen molar-refractivity contribution in [1.29, 1.82) is 0 Å². The smallest absolute Gasteiger partial charge is 0.337 e. The lowest BCUT2D eigenvalue weighted by atomic mass is 10.1. The Hall–Kier alpha value is -2.87. The van der Waals surface area contributed by atoms with Crippen LogP contribution in [0.1, 0.15) is 10.4 Å². The summed E-state index contributed by atoms with van der Waals surface area (Å²) in [6.07, 6.45) is 1.48. The molecule has 0 amide bonds. The minimum atomic E-state index is -3.80. The van der Waals surface area contributed by atoms with Gasteiger partial charge in [-0.15, -0.1) is 0 Å². The van der Waals surface area contributed by atoms with Crippen LogP contribution in [0.15, 0.2) is 53.7 Å². The van der Waals surface area contributed by atoms with E-state index in [4.69, 9.17) is 0 Å². The molecule has 2 N–H and O–H groups in total. The van der Waals surface area contributed by atoms with E-state index in [1.165, 1.54) is 30.6 Å². The van der Waals surface area contributed by atoms with Gasteiger partial charge in [0.25, 0.3) is 10.0 Å². The molecule has 1 heterocycles. The molecule has 0 radical (unpaired) electrons. The summed E-state index contributed by atoms with van der Waals surface area (Å²) in [5.41, 5.74) is 0.962. The molecule has 0 spiro atoms. The van der Waals surface area contributed by atoms with E-state index in [9.17, 15) is 18.3 Å². The van der Waals surface area contributed by atoms with Gasteiger partial charge in [0.2, 0.25) is 0 Å². The van der Waals surface area contributed by atoms with E-state index in [0.29, 0.717) is 11.0 Å². The zero-order chi connectivity index (χ0) is 16.6. The maximum absolute atomic E-state index is 12.3. The second-order valence-electron chi connectivity index (χ2n) is 4.97. The van der Waals surface area contributed by atoms with Gasteiger partial charge in [-0.1, -0.05) is 18.2 Å². The molecule has 0 atom stereocenters. The largest absolute Gasteiger partial charge is 0.478 e. The van der Waals surface area contributed by atoms with Crippen molar-refractivity contribution < 1.29 is 18.3 Å². The van der Waals surface area contributed by atoms with Gasteiger partial charge in [-0.3, -0.25) is 4.72 Å². The maximum Gasteiger partial charge on any atom is 0.337 e. The van der Waals surface area contributed by atoms with E-state index < -0.39 is 16.0 Å². The number of fused-ring (bicyclic) bond motifs is 1. The number of imidazole rings is 1. The highest BCUT2D eigenvalue weighted by molar-refractivity contribution is 7.92. The van der Waals surface area contributed by atoms with Crippen molar-refractivity contribution in [3.63, 3.8) is 0 Å². The van der Waals surface area contributed by atoms with Crippen molar-refractivity contribution in [2.45, 2.75) is 4.90 Å². The molecule has 0 aliphatic heterocycles. The molecular formula is C15H13N3O4S. The molecule has 3 aromatic rings. The summed E-state index contributed by atoms with van der Waals surface area (Å²) >= 11 is 0. The number of rotatable bonds is 4. The number of benzene rings is 2. The first kappa shape index (κ1) is 15.0. The molecule has 8 heteroatoms. The highest BCUT2D eigenvalue weighted by Gasteiger charge is 2.18. The second kappa shape index (κ2) is 5.40. The number of sulfonamides is 1. The summed E-state index contributed by atoms with van der Waals surface area (Å²) in [6, 6.07) is 10.6. The first-order valence-electron chi connectivity index (χ1n) is 6.65. The lowest BCUT2D eigenvalue weighted by molar-refractivity contribution is 0.0698. The average Bonchev–Trinajstić information content (AvgIpc) is 2.88. The van der Waals surface area contributed by atoms with Gasteiger partial charge in [-0.25, -0.2) is 18.2 Å². The summed E-state index contributed by atoms with van der Waals surface area (Å²) in [5, 5.41) is 9.35. The Morgan fingerprint density at radius 1 is 1.22 bits per heavy atom. The molecule has 0 aliphatic rings. The molecule has 2 aromatic carbocycles. The number of nitrogens with one attached hydrogen (secondary N) is 1. The summed E-state index contributed by atoms with van der Waals surface area (Å²) in [6.45, 7) is 0. The second-order valence-corrected chi connectivity index (χ2v) is 6.65. The van der Waals surface area contributed by atoms with Gasteiger partial charge in [0.1, 0.15) is 0 Å². The van der Waals surface area contributed by atoms with Gasteiger partial charge in [0.05, 0.1) is 33.5 Å². The lowest BCUT2D eigenvalue weighted by Gasteiger charge is -2.10. The van der Waals surface area contributed by atoms with Crippen LogP contribution < -0.4 is 4.72 Å². The first-order chi connectivity index (χ1) is 10.9. The maximum atomic E-state index is 12.3. The average molecular weight is 331 g/mol. The Labute approximate surface area is 132 Å². The number of aryl methyl sites for hydroxylation is 1. The van der Waals surface area contributed by atoms with Gasteiger partial charge in [-0.2, -0.15) is 0 Å². The third-order valence-corrected chi connectivity index (χ3v) is 4.75. The number of carboxylic acids is 1. The van der Waals surface area contributed by atoms with Gasteiger partial charge in [0, 0.05) is 7.05 Å². The van der Waals surface area contributed by atoms with E-state index in [-0.39, 0.29) is 16.1 Å². The summed E-state index contributed by atoms with van der Waals surface area (Å²) in [4.78, 5) is 15.6. The monoisotopic (exact) mass is 331 g/mol. The summed E-state index contributed by atoms with van der Waals surface area (Å²) < 4.78 is 28.6. The van der Waals surface area contributed by atoms with Crippen molar-refractivity contribution in [2.24, 2.45) is 7.05 Å². The summed E-state index contributed by atoms with van der Waals surface area (Å²) in [7, 11) is -2.12. The van der Waals surface area contributed by atoms with Crippen LogP contribution in [0.25, 0.3) is 11.0 Å². The van der Waals surface area contributed by atoms with Gasteiger partial charge < -0.3 is 9.67 Å². The topological polar surface area (TPSA) is 101 Å². The number of carboxylic acid groups (broad SMARTS) is 1. The highest BCUT2D eigenvalue weighted by atomic mass is 32.2. The number of hydrogen-bond acceptors (Lipinski definition) is 4. The molecule has 0 fully saturated rings. The third kappa shape index (κ3) is 2.76. The zero-order valence-electron chi connectivity index (χ0n) is 12.1. The molecule has 3 rings (SSSR count). The molecule has 23 heavy (non-hydrogen) atoms. The Morgan fingerprint density at radius 2 is 1.91 bits per heavy atom. The third-order valence-electron chi connectivity index (χ3n) is 3.35.